The zero-order valence-electron chi connectivity index (χ0n) is 16.9. The minimum atomic E-state index is 0.162. The number of hydrogen-bond acceptors (Lipinski definition) is 3. The number of nitrogens with zero attached hydrogens (tertiary/aromatic N) is 2. The molecule has 2 aromatic rings. The molecule has 1 saturated heterocycles. The summed E-state index contributed by atoms with van der Waals surface area (Å²) in [6.45, 7) is 6.68. The Morgan fingerprint density at radius 2 is 1.86 bits per heavy atom. The van der Waals surface area contributed by atoms with Gasteiger partial charge in [-0.25, -0.2) is 0 Å². The van der Waals surface area contributed by atoms with Crippen molar-refractivity contribution in [3.05, 3.63) is 65.2 Å². The van der Waals surface area contributed by atoms with E-state index in [2.05, 4.69) is 70.6 Å². The molecule has 148 valence electrons. The van der Waals surface area contributed by atoms with Crippen LogP contribution in [0.2, 0.25) is 0 Å². The summed E-state index contributed by atoms with van der Waals surface area (Å²) in [5.41, 5.74) is 5.29. The van der Waals surface area contributed by atoms with Gasteiger partial charge in [0.2, 0.25) is 5.91 Å². The van der Waals surface area contributed by atoms with E-state index in [0.29, 0.717) is 12.6 Å². The Balaban J connectivity index is 1.25. The van der Waals surface area contributed by atoms with Crippen molar-refractivity contribution in [3.8, 4) is 0 Å². The first-order chi connectivity index (χ1) is 13.7. The smallest absolute Gasteiger partial charge is 0.239 e. The van der Waals surface area contributed by atoms with E-state index in [1.807, 2.05) is 0 Å². The third-order valence-electron chi connectivity index (χ3n) is 5.99. The van der Waals surface area contributed by atoms with E-state index >= 15 is 0 Å². The molecule has 1 amide bonds. The molecule has 4 heteroatoms. The number of carbonyl (C=O) groups is 1. The molecule has 1 N–H and O–H groups in total. The van der Waals surface area contributed by atoms with Crippen molar-refractivity contribution in [1.29, 1.82) is 0 Å². The number of aryl methyl sites for hydroxylation is 2. The van der Waals surface area contributed by atoms with Crippen molar-refractivity contribution in [2.45, 2.75) is 45.2 Å². The van der Waals surface area contributed by atoms with Gasteiger partial charge < -0.3 is 10.2 Å². The fourth-order valence-electron chi connectivity index (χ4n) is 4.49. The van der Waals surface area contributed by atoms with Gasteiger partial charge in [-0.15, -0.1) is 0 Å². The van der Waals surface area contributed by atoms with Gasteiger partial charge in [-0.05, 0) is 49.8 Å². The minimum Gasteiger partial charge on any atom is -0.362 e. The predicted octanol–water partition coefficient (Wildman–Crippen LogP) is 3.53. The number of hydrogen-bond donors (Lipinski definition) is 1. The van der Waals surface area contributed by atoms with E-state index in [9.17, 15) is 4.79 Å². The van der Waals surface area contributed by atoms with Crippen LogP contribution in [0.15, 0.2) is 48.5 Å². The predicted molar refractivity (Wildman–Crippen MR) is 115 cm³/mol. The fraction of sp³-hybridized carbons (Fsp3) is 0.458. The minimum absolute atomic E-state index is 0.162. The Labute approximate surface area is 168 Å². The number of nitrogens with one attached hydrogen (secondary N) is 1. The van der Waals surface area contributed by atoms with Gasteiger partial charge in [-0.1, -0.05) is 48.0 Å². The number of benzene rings is 2. The van der Waals surface area contributed by atoms with E-state index in [4.69, 9.17) is 0 Å². The first kappa shape index (κ1) is 19.0. The van der Waals surface area contributed by atoms with Crippen molar-refractivity contribution in [1.82, 2.24) is 10.2 Å². The summed E-state index contributed by atoms with van der Waals surface area (Å²) >= 11 is 0. The molecule has 0 aromatic heterocycles. The second kappa shape index (κ2) is 8.78. The average Bonchev–Trinajstić information content (AvgIpc) is 2.70. The Kier molecular flexibility index (Phi) is 5.96. The highest BCUT2D eigenvalue weighted by molar-refractivity contribution is 5.82. The molecule has 0 spiro atoms. The van der Waals surface area contributed by atoms with Gasteiger partial charge >= 0.3 is 0 Å². The number of rotatable bonds is 5. The van der Waals surface area contributed by atoms with Crippen LogP contribution < -0.4 is 10.2 Å². The van der Waals surface area contributed by atoms with Gasteiger partial charge in [0.15, 0.2) is 0 Å². The molecule has 28 heavy (non-hydrogen) atoms. The summed E-state index contributed by atoms with van der Waals surface area (Å²) in [5, 5.41) is 3.29. The van der Waals surface area contributed by atoms with Crippen molar-refractivity contribution >= 4 is 11.6 Å². The fourth-order valence-corrected chi connectivity index (χ4v) is 4.49. The van der Waals surface area contributed by atoms with Crippen LogP contribution in [0, 0.1) is 6.92 Å². The van der Waals surface area contributed by atoms with E-state index in [-0.39, 0.29) is 5.91 Å². The standard InChI is InChI=1S/C24H31N3O/c1-19-9-10-23-21(16-19)8-5-13-27(23)18-24(28)25-22-11-14-26(15-12-22)17-20-6-3-2-4-7-20/h2-4,6-7,9-10,16,22H,5,8,11-15,17-18H2,1H3,(H,25,28). The zero-order chi connectivity index (χ0) is 19.3. The first-order valence-electron chi connectivity index (χ1n) is 10.6. The van der Waals surface area contributed by atoms with Crippen LogP contribution in [-0.2, 0) is 17.8 Å². The summed E-state index contributed by atoms with van der Waals surface area (Å²) in [7, 11) is 0. The maximum absolute atomic E-state index is 12.7. The van der Waals surface area contributed by atoms with E-state index in [1.165, 1.54) is 22.4 Å². The lowest BCUT2D eigenvalue weighted by Crippen LogP contribution is -2.48. The van der Waals surface area contributed by atoms with Gasteiger partial charge in [0.25, 0.3) is 0 Å². The maximum Gasteiger partial charge on any atom is 0.239 e. The molecule has 0 saturated carbocycles. The number of fused-ring (bicyclic) bond motifs is 1. The molecule has 2 aliphatic rings. The molecule has 0 radical (unpaired) electrons. The van der Waals surface area contributed by atoms with Gasteiger partial charge in [0, 0.05) is 37.9 Å². The van der Waals surface area contributed by atoms with Crippen molar-refractivity contribution < 1.29 is 4.79 Å². The maximum atomic E-state index is 12.7. The monoisotopic (exact) mass is 377 g/mol. The van der Waals surface area contributed by atoms with Gasteiger partial charge in [-0.3, -0.25) is 9.69 Å². The highest BCUT2D eigenvalue weighted by Crippen LogP contribution is 2.27. The van der Waals surface area contributed by atoms with Gasteiger partial charge in [-0.2, -0.15) is 0 Å². The van der Waals surface area contributed by atoms with Crippen LogP contribution in [0.25, 0.3) is 0 Å². The number of likely N-dealkylation sites (tertiary alicyclic amines) is 1. The van der Waals surface area contributed by atoms with Gasteiger partial charge in [0.05, 0.1) is 6.54 Å². The van der Waals surface area contributed by atoms with Crippen molar-refractivity contribution in [2.24, 2.45) is 0 Å². The molecule has 4 rings (SSSR count). The summed E-state index contributed by atoms with van der Waals surface area (Å²) in [6, 6.07) is 17.5. The van der Waals surface area contributed by atoms with Crippen LogP contribution in [0.1, 0.15) is 36.0 Å². The second-order valence-corrected chi connectivity index (χ2v) is 8.26. The molecule has 2 heterocycles. The number of anilines is 1. The van der Waals surface area contributed by atoms with Crippen LogP contribution in [-0.4, -0.2) is 43.0 Å². The summed E-state index contributed by atoms with van der Waals surface area (Å²) < 4.78 is 0. The molecular weight excluding hydrogens is 346 g/mol. The van der Waals surface area contributed by atoms with Crippen LogP contribution in [0.3, 0.4) is 0 Å². The van der Waals surface area contributed by atoms with Crippen molar-refractivity contribution in [3.63, 3.8) is 0 Å². The van der Waals surface area contributed by atoms with Crippen LogP contribution in [0.4, 0.5) is 5.69 Å². The summed E-state index contributed by atoms with van der Waals surface area (Å²) in [6.07, 6.45) is 4.32. The largest absolute Gasteiger partial charge is 0.362 e. The highest BCUT2D eigenvalue weighted by Gasteiger charge is 2.23. The SMILES string of the molecule is Cc1ccc2c(c1)CCCN2CC(=O)NC1CCN(Cc2ccccc2)CC1. The topological polar surface area (TPSA) is 35.6 Å². The third-order valence-corrected chi connectivity index (χ3v) is 5.99. The van der Waals surface area contributed by atoms with Gasteiger partial charge in [0.1, 0.15) is 0 Å². The first-order valence-corrected chi connectivity index (χ1v) is 10.6. The Morgan fingerprint density at radius 1 is 1.07 bits per heavy atom. The zero-order valence-corrected chi connectivity index (χ0v) is 16.9. The Hall–Kier alpha value is -2.33. The molecule has 0 atom stereocenters. The van der Waals surface area contributed by atoms with Crippen molar-refractivity contribution in [2.75, 3.05) is 31.1 Å². The van der Waals surface area contributed by atoms with E-state index < -0.39 is 0 Å². The summed E-state index contributed by atoms with van der Waals surface area (Å²) in [5.74, 6) is 0.162. The van der Waals surface area contributed by atoms with E-state index in [0.717, 1.165) is 51.9 Å². The Morgan fingerprint density at radius 3 is 2.64 bits per heavy atom. The normalized spacial score (nSPS) is 18.0. The third kappa shape index (κ3) is 4.74. The molecule has 2 aromatic carbocycles. The molecule has 1 fully saturated rings. The molecule has 0 bridgehead atoms. The lowest BCUT2D eigenvalue weighted by atomic mass is 9.99. The quantitative estimate of drug-likeness (QED) is 0.866. The molecule has 0 aliphatic carbocycles. The highest BCUT2D eigenvalue weighted by atomic mass is 16.2. The van der Waals surface area contributed by atoms with Crippen LogP contribution >= 0.6 is 0 Å². The lowest BCUT2D eigenvalue weighted by molar-refractivity contribution is -0.120. The number of amides is 1. The molecule has 2 aliphatic heterocycles. The molecule has 0 unspecified atom stereocenters. The average molecular weight is 378 g/mol. The molecular formula is C24H31N3O. The second-order valence-electron chi connectivity index (χ2n) is 8.26. The number of piperidine rings is 1. The Bertz CT molecular complexity index is 797. The molecule has 4 nitrogen and oxygen atoms in total. The summed E-state index contributed by atoms with van der Waals surface area (Å²) in [4.78, 5) is 17.4. The van der Waals surface area contributed by atoms with E-state index in [1.54, 1.807) is 0 Å². The lowest BCUT2D eigenvalue weighted by Gasteiger charge is -2.34. The number of carbonyl (C=O) groups excluding carboxylic acids is 1. The van der Waals surface area contributed by atoms with Crippen LogP contribution in [0.5, 0.6) is 0 Å².